The molecular formula is C15H23ClFN3O3S. The summed E-state index contributed by atoms with van der Waals surface area (Å²) in [5.41, 5.74) is 5.63. The highest BCUT2D eigenvalue weighted by molar-refractivity contribution is 7.89. The molecule has 6 nitrogen and oxygen atoms in total. The summed E-state index contributed by atoms with van der Waals surface area (Å²) >= 11 is 0. The van der Waals surface area contributed by atoms with Gasteiger partial charge in [0, 0.05) is 25.6 Å². The first kappa shape index (κ1) is 20.8. The van der Waals surface area contributed by atoms with Crippen LogP contribution in [0.4, 0.5) is 4.39 Å². The van der Waals surface area contributed by atoms with Crippen molar-refractivity contribution < 1.29 is 17.6 Å². The first-order valence-corrected chi connectivity index (χ1v) is 9.06. The predicted octanol–water partition coefficient (Wildman–Crippen LogP) is 1.11. The Morgan fingerprint density at radius 2 is 2.00 bits per heavy atom. The molecule has 1 heterocycles. The molecule has 1 fully saturated rings. The zero-order chi connectivity index (χ0) is 17.0. The van der Waals surface area contributed by atoms with Crippen molar-refractivity contribution >= 4 is 28.3 Å². The molecular weight excluding hydrogens is 357 g/mol. The third kappa shape index (κ3) is 5.14. The van der Waals surface area contributed by atoms with Crippen molar-refractivity contribution in [1.82, 2.24) is 9.62 Å². The van der Waals surface area contributed by atoms with Crippen molar-refractivity contribution in [3.8, 4) is 0 Å². The smallest absolute Gasteiger partial charge is 0.240 e. The van der Waals surface area contributed by atoms with Gasteiger partial charge in [-0.2, -0.15) is 0 Å². The Morgan fingerprint density at radius 1 is 1.38 bits per heavy atom. The minimum Gasteiger partial charge on any atom is -0.340 e. The van der Waals surface area contributed by atoms with Crippen LogP contribution in [0.1, 0.15) is 19.8 Å². The average molecular weight is 380 g/mol. The lowest BCUT2D eigenvalue weighted by Gasteiger charge is -2.21. The predicted molar refractivity (Wildman–Crippen MR) is 91.8 cm³/mol. The van der Waals surface area contributed by atoms with Crippen LogP contribution in [-0.2, 0) is 14.8 Å². The third-order valence-corrected chi connectivity index (χ3v) is 5.55. The molecule has 1 saturated heterocycles. The number of carbonyl (C=O) groups is 1. The Bertz CT molecular complexity index is 654. The minimum absolute atomic E-state index is 0. The number of nitrogens with two attached hydrogens (primary N) is 1. The van der Waals surface area contributed by atoms with Gasteiger partial charge >= 0.3 is 0 Å². The van der Waals surface area contributed by atoms with E-state index in [-0.39, 0.29) is 42.2 Å². The number of hydrogen-bond donors (Lipinski definition) is 2. The second-order valence-electron chi connectivity index (χ2n) is 5.83. The molecule has 0 aromatic heterocycles. The van der Waals surface area contributed by atoms with Crippen molar-refractivity contribution in [1.29, 1.82) is 0 Å². The van der Waals surface area contributed by atoms with Gasteiger partial charge in [0.2, 0.25) is 15.9 Å². The molecule has 24 heavy (non-hydrogen) atoms. The topological polar surface area (TPSA) is 92.5 Å². The molecule has 0 saturated carbocycles. The quantitative estimate of drug-likeness (QED) is 0.774. The zero-order valence-electron chi connectivity index (χ0n) is 13.4. The van der Waals surface area contributed by atoms with E-state index in [1.165, 1.54) is 12.1 Å². The molecule has 2 atom stereocenters. The maximum Gasteiger partial charge on any atom is 0.240 e. The Labute approximate surface area is 148 Å². The minimum atomic E-state index is -3.73. The Balaban J connectivity index is 0.00000288. The molecule has 0 radical (unpaired) electrons. The van der Waals surface area contributed by atoms with Gasteiger partial charge in [0.15, 0.2) is 0 Å². The van der Waals surface area contributed by atoms with Crippen molar-refractivity contribution in [2.75, 3.05) is 19.6 Å². The van der Waals surface area contributed by atoms with Gasteiger partial charge in [-0.05, 0) is 50.1 Å². The van der Waals surface area contributed by atoms with E-state index in [9.17, 15) is 17.6 Å². The Kier molecular flexibility index (Phi) is 7.59. The number of sulfonamides is 1. The summed E-state index contributed by atoms with van der Waals surface area (Å²) in [6, 6.07) is 4.67. The number of nitrogens with zero attached hydrogens (tertiary/aromatic N) is 1. The average Bonchev–Trinajstić information content (AvgIpc) is 2.88. The van der Waals surface area contributed by atoms with E-state index in [0.717, 1.165) is 18.6 Å². The van der Waals surface area contributed by atoms with Gasteiger partial charge < -0.3 is 10.6 Å². The van der Waals surface area contributed by atoms with Crippen LogP contribution in [0, 0.1) is 11.7 Å². The molecule has 9 heteroatoms. The largest absolute Gasteiger partial charge is 0.340 e. The number of benzene rings is 1. The number of amides is 1. The Morgan fingerprint density at radius 3 is 2.54 bits per heavy atom. The lowest BCUT2D eigenvalue weighted by atomic mass is 10.1. The third-order valence-electron chi connectivity index (χ3n) is 4.07. The Hall–Kier alpha value is -1.22. The second kappa shape index (κ2) is 8.75. The highest BCUT2D eigenvalue weighted by atomic mass is 35.5. The second-order valence-corrected chi connectivity index (χ2v) is 7.60. The normalized spacial score (nSPS) is 20.7. The van der Waals surface area contributed by atoms with Gasteiger partial charge in [-0.3, -0.25) is 4.79 Å². The summed E-state index contributed by atoms with van der Waals surface area (Å²) in [4.78, 5) is 13.9. The summed E-state index contributed by atoms with van der Waals surface area (Å²) in [5.74, 6) is -0.281. The van der Waals surface area contributed by atoms with Crippen LogP contribution in [0.2, 0.25) is 0 Å². The van der Waals surface area contributed by atoms with Gasteiger partial charge in [-0.1, -0.05) is 0 Å². The highest BCUT2D eigenvalue weighted by Gasteiger charge is 2.31. The van der Waals surface area contributed by atoms with Gasteiger partial charge in [0.05, 0.1) is 4.90 Å². The van der Waals surface area contributed by atoms with Crippen LogP contribution in [-0.4, -0.2) is 44.9 Å². The lowest BCUT2D eigenvalue weighted by Crippen LogP contribution is -2.37. The molecule has 1 amide bonds. The van der Waals surface area contributed by atoms with E-state index in [1.807, 2.05) is 6.92 Å². The molecule has 3 N–H and O–H groups in total. The highest BCUT2D eigenvalue weighted by Crippen LogP contribution is 2.22. The molecule has 0 aliphatic carbocycles. The zero-order valence-corrected chi connectivity index (χ0v) is 15.1. The molecule has 0 bridgehead atoms. The monoisotopic (exact) mass is 379 g/mol. The summed E-state index contributed by atoms with van der Waals surface area (Å²) in [5, 5.41) is 0. The fourth-order valence-electron chi connectivity index (χ4n) is 2.79. The van der Waals surface area contributed by atoms with Crippen LogP contribution in [0.25, 0.3) is 0 Å². The molecule has 1 aliphatic rings. The molecule has 2 rings (SSSR count). The van der Waals surface area contributed by atoms with Crippen molar-refractivity contribution in [2.45, 2.75) is 30.7 Å². The molecule has 136 valence electrons. The van der Waals surface area contributed by atoms with Crippen LogP contribution in [0.15, 0.2) is 29.2 Å². The number of halogens is 2. The number of carbonyl (C=O) groups excluding carboxylic acids is 1. The number of nitrogens with one attached hydrogen (secondary N) is 1. The van der Waals surface area contributed by atoms with Gasteiger partial charge in [-0.15, -0.1) is 12.4 Å². The van der Waals surface area contributed by atoms with E-state index in [0.29, 0.717) is 19.0 Å². The van der Waals surface area contributed by atoms with E-state index in [4.69, 9.17) is 5.73 Å². The van der Waals surface area contributed by atoms with Gasteiger partial charge in [-0.25, -0.2) is 17.5 Å². The van der Waals surface area contributed by atoms with E-state index >= 15 is 0 Å². The number of rotatable bonds is 6. The van der Waals surface area contributed by atoms with Crippen molar-refractivity contribution in [3.05, 3.63) is 30.1 Å². The summed E-state index contributed by atoms with van der Waals surface area (Å²) in [7, 11) is -3.73. The SMILES string of the molecule is CC1CC(CN)CN1C(=O)CCNS(=O)(=O)c1ccc(F)cc1.Cl. The molecule has 0 spiro atoms. The van der Waals surface area contributed by atoms with E-state index in [1.54, 1.807) is 4.90 Å². The first-order chi connectivity index (χ1) is 10.8. The number of hydrogen-bond acceptors (Lipinski definition) is 4. The summed E-state index contributed by atoms with van der Waals surface area (Å²) < 4.78 is 39.3. The molecule has 1 aromatic carbocycles. The molecule has 1 aromatic rings. The van der Waals surface area contributed by atoms with Crippen molar-refractivity contribution in [2.24, 2.45) is 11.7 Å². The summed E-state index contributed by atoms with van der Waals surface area (Å²) in [6.07, 6.45) is 0.964. The standard InChI is InChI=1S/C15H22FN3O3S.ClH/c1-11-8-12(9-17)10-19(11)15(20)6-7-18-23(21,22)14-4-2-13(16)3-5-14;/h2-5,11-12,18H,6-10,17H2,1H3;1H. The first-order valence-electron chi connectivity index (χ1n) is 7.58. The maximum absolute atomic E-state index is 12.8. The van der Waals surface area contributed by atoms with Crippen LogP contribution in [0.5, 0.6) is 0 Å². The fourth-order valence-corrected chi connectivity index (χ4v) is 3.83. The van der Waals surface area contributed by atoms with Gasteiger partial charge in [0.25, 0.3) is 0 Å². The lowest BCUT2D eigenvalue weighted by molar-refractivity contribution is -0.131. The van der Waals surface area contributed by atoms with E-state index < -0.39 is 15.8 Å². The molecule has 1 aliphatic heterocycles. The fraction of sp³-hybridized carbons (Fsp3) is 0.533. The van der Waals surface area contributed by atoms with Gasteiger partial charge in [0.1, 0.15) is 5.82 Å². The van der Waals surface area contributed by atoms with Crippen LogP contribution >= 0.6 is 12.4 Å². The summed E-state index contributed by atoms with van der Waals surface area (Å²) in [6.45, 7) is 3.15. The number of likely N-dealkylation sites (tertiary alicyclic amines) is 1. The van der Waals surface area contributed by atoms with E-state index in [2.05, 4.69) is 4.72 Å². The maximum atomic E-state index is 12.8. The molecule has 2 unspecified atom stereocenters. The van der Waals surface area contributed by atoms with Crippen LogP contribution in [0.3, 0.4) is 0 Å². The van der Waals surface area contributed by atoms with Crippen LogP contribution < -0.4 is 10.5 Å². The van der Waals surface area contributed by atoms with Crippen molar-refractivity contribution in [3.63, 3.8) is 0 Å².